The van der Waals surface area contributed by atoms with Gasteiger partial charge in [0.05, 0.1) is 0 Å². The first-order valence-electron chi connectivity index (χ1n) is 9.13. The molecule has 0 aromatic rings. The summed E-state index contributed by atoms with van der Waals surface area (Å²) in [6.45, 7) is 18.3. The third-order valence-corrected chi connectivity index (χ3v) is 9.28. The van der Waals surface area contributed by atoms with Gasteiger partial charge in [-0.3, -0.25) is 4.90 Å². The maximum absolute atomic E-state index is 6.18. The zero-order valence-corrected chi connectivity index (χ0v) is 17.0. The SMILES string of the molecule is CCOC(C)N(CCC[Si](CC)(CC)OCC)C(C)OCC. The fourth-order valence-electron chi connectivity index (χ4n) is 3.10. The molecule has 0 saturated heterocycles. The van der Waals surface area contributed by atoms with Gasteiger partial charge in [-0.15, -0.1) is 0 Å². The number of hydrogen-bond donors (Lipinski definition) is 0. The molecule has 0 heterocycles. The second-order valence-electron chi connectivity index (χ2n) is 5.77. The summed E-state index contributed by atoms with van der Waals surface area (Å²) in [7, 11) is -1.53. The van der Waals surface area contributed by atoms with Crippen LogP contribution in [-0.4, -0.2) is 52.0 Å². The Labute approximate surface area is 139 Å². The Morgan fingerprint density at radius 3 is 1.68 bits per heavy atom. The van der Waals surface area contributed by atoms with Crippen LogP contribution in [0.4, 0.5) is 0 Å². The van der Waals surface area contributed by atoms with Crippen LogP contribution in [0.15, 0.2) is 0 Å². The molecule has 0 radical (unpaired) electrons. The highest BCUT2D eigenvalue weighted by molar-refractivity contribution is 6.73. The van der Waals surface area contributed by atoms with Crippen LogP contribution in [0.5, 0.6) is 0 Å². The third kappa shape index (κ3) is 7.55. The van der Waals surface area contributed by atoms with Gasteiger partial charge in [-0.05, 0) is 59.2 Å². The van der Waals surface area contributed by atoms with Gasteiger partial charge in [-0.25, -0.2) is 0 Å². The van der Waals surface area contributed by atoms with E-state index in [1.165, 1.54) is 18.1 Å². The smallest absolute Gasteiger partial charge is 0.192 e. The highest BCUT2D eigenvalue weighted by atomic mass is 28.4. The third-order valence-electron chi connectivity index (χ3n) is 4.54. The topological polar surface area (TPSA) is 30.9 Å². The van der Waals surface area contributed by atoms with E-state index < -0.39 is 8.32 Å². The number of nitrogens with zero attached hydrogens (tertiary/aromatic N) is 1. The Morgan fingerprint density at radius 2 is 1.32 bits per heavy atom. The molecule has 0 amide bonds. The van der Waals surface area contributed by atoms with Gasteiger partial charge in [0, 0.05) is 26.4 Å². The molecule has 0 N–H and O–H groups in total. The first kappa shape index (κ1) is 22.1. The largest absolute Gasteiger partial charge is 0.417 e. The Bertz CT molecular complexity index is 250. The first-order valence-corrected chi connectivity index (χ1v) is 11.7. The van der Waals surface area contributed by atoms with Crippen LogP contribution in [0, 0.1) is 0 Å². The lowest BCUT2D eigenvalue weighted by Crippen LogP contribution is -2.45. The van der Waals surface area contributed by atoms with Gasteiger partial charge in [0.1, 0.15) is 12.5 Å². The van der Waals surface area contributed by atoms with Gasteiger partial charge in [0.2, 0.25) is 0 Å². The minimum absolute atomic E-state index is 0.0953. The Kier molecular flexibility index (Phi) is 12.5. The number of rotatable bonds is 14. The standard InChI is InChI=1S/C17H39NO3Si/c1-8-19-16(6)18(17(7)20-9-2)14-13-15-22(11-4,12-5)21-10-3/h16-17H,8-15H2,1-7H3. The summed E-state index contributed by atoms with van der Waals surface area (Å²) in [4.78, 5) is 2.32. The van der Waals surface area contributed by atoms with E-state index in [0.29, 0.717) is 0 Å². The van der Waals surface area contributed by atoms with Crippen molar-refractivity contribution < 1.29 is 13.9 Å². The summed E-state index contributed by atoms with van der Waals surface area (Å²) in [6.07, 6.45) is 1.35. The first-order chi connectivity index (χ1) is 10.5. The lowest BCUT2D eigenvalue weighted by molar-refractivity contribution is -0.136. The molecule has 0 aliphatic rings. The minimum Gasteiger partial charge on any atom is -0.417 e. The molecular weight excluding hydrogens is 294 g/mol. The number of hydrogen-bond acceptors (Lipinski definition) is 4. The lowest BCUT2D eigenvalue weighted by atomic mass is 10.3. The fraction of sp³-hybridized carbons (Fsp3) is 1.00. The van der Waals surface area contributed by atoms with E-state index in [9.17, 15) is 0 Å². The molecule has 0 aromatic carbocycles. The molecule has 2 unspecified atom stereocenters. The van der Waals surface area contributed by atoms with Gasteiger partial charge in [-0.1, -0.05) is 13.8 Å². The van der Waals surface area contributed by atoms with Crippen molar-refractivity contribution in [2.75, 3.05) is 26.4 Å². The maximum Gasteiger partial charge on any atom is 0.192 e. The quantitative estimate of drug-likeness (QED) is 0.347. The van der Waals surface area contributed by atoms with Crippen LogP contribution in [0.1, 0.15) is 54.9 Å². The average molecular weight is 334 g/mol. The predicted octanol–water partition coefficient (Wildman–Crippen LogP) is 4.47. The Hall–Kier alpha value is 0.0569. The molecule has 0 aliphatic heterocycles. The van der Waals surface area contributed by atoms with Crippen molar-refractivity contribution >= 4 is 8.32 Å². The van der Waals surface area contributed by atoms with Crippen molar-refractivity contribution in [3.05, 3.63) is 0 Å². The highest BCUT2D eigenvalue weighted by Gasteiger charge is 2.30. The zero-order chi connectivity index (χ0) is 17.0. The van der Waals surface area contributed by atoms with Crippen LogP contribution in [0.25, 0.3) is 0 Å². The molecule has 2 atom stereocenters. The van der Waals surface area contributed by atoms with E-state index in [1.54, 1.807) is 0 Å². The van der Waals surface area contributed by atoms with E-state index >= 15 is 0 Å². The zero-order valence-electron chi connectivity index (χ0n) is 16.0. The summed E-state index contributed by atoms with van der Waals surface area (Å²) in [5, 5.41) is 0. The molecule has 0 bridgehead atoms. The highest BCUT2D eigenvalue weighted by Crippen LogP contribution is 2.24. The van der Waals surface area contributed by atoms with Gasteiger partial charge >= 0.3 is 0 Å². The maximum atomic E-state index is 6.18. The summed E-state index contributed by atoms with van der Waals surface area (Å²) in [5.74, 6) is 0. The molecule has 0 aromatic heterocycles. The second kappa shape index (κ2) is 12.5. The molecule has 0 rings (SSSR count). The predicted molar refractivity (Wildman–Crippen MR) is 96.6 cm³/mol. The van der Waals surface area contributed by atoms with E-state index in [4.69, 9.17) is 13.9 Å². The van der Waals surface area contributed by atoms with E-state index in [0.717, 1.165) is 32.8 Å². The molecule has 0 saturated carbocycles. The number of ether oxygens (including phenoxy) is 2. The van der Waals surface area contributed by atoms with Gasteiger partial charge in [-0.2, -0.15) is 0 Å². The van der Waals surface area contributed by atoms with Crippen molar-refractivity contribution in [2.24, 2.45) is 0 Å². The minimum atomic E-state index is -1.53. The van der Waals surface area contributed by atoms with Crippen molar-refractivity contribution in [2.45, 2.75) is 85.5 Å². The van der Waals surface area contributed by atoms with E-state index in [-0.39, 0.29) is 12.5 Å². The molecule has 22 heavy (non-hydrogen) atoms. The van der Waals surface area contributed by atoms with Crippen LogP contribution < -0.4 is 0 Å². The summed E-state index contributed by atoms with van der Waals surface area (Å²) >= 11 is 0. The lowest BCUT2D eigenvalue weighted by Gasteiger charge is -2.35. The molecule has 4 nitrogen and oxygen atoms in total. The average Bonchev–Trinajstić information content (AvgIpc) is 2.50. The van der Waals surface area contributed by atoms with Crippen molar-refractivity contribution in [3.8, 4) is 0 Å². The summed E-state index contributed by atoms with van der Waals surface area (Å²) in [6, 6.07) is 3.64. The second-order valence-corrected chi connectivity index (χ2v) is 10.3. The molecule has 0 fully saturated rings. The molecule has 5 heteroatoms. The van der Waals surface area contributed by atoms with Crippen molar-refractivity contribution in [1.82, 2.24) is 4.90 Å². The van der Waals surface area contributed by atoms with E-state index in [2.05, 4.69) is 39.5 Å². The summed E-state index contributed by atoms with van der Waals surface area (Å²) in [5.41, 5.74) is 0. The van der Waals surface area contributed by atoms with Gasteiger partial charge in [0.15, 0.2) is 8.32 Å². The monoisotopic (exact) mass is 333 g/mol. The fourth-order valence-corrected chi connectivity index (χ4v) is 6.28. The molecule has 134 valence electrons. The molecular formula is C17H39NO3Si. The molecule has 0 aliphatic carbocycles. The van der Waals surface area contributed by atoms with Crippen molar-refractivity contribution in [1.29, 1.82) is 0 Å². The Morgan fingerprint density at radius 1 is 0.818 bits per heavy atom. The van der Waals surface area contributed by atoms with Gasteiger partial charge in [0.25, 0.3) is 0 Å². The van der Waals surface area contributed by atoms with Gasteiger partial charge < -0.3 is 13.9 Å². The summed E-state index contributed by atoms with van der Waals surface area (Å²) < 4.78 is 17.7. The van der Waals surface area contributed by atoms with Crippen LogP contribution in [0.2, 0.25) is 18.1 Å². The van der Waals surface area contributed by atoms with E-state index in [1.807, 2.05) is 13.8 Å². The molecule has 0 spiro atoms. The van der Waals surface area contributed by atoms with Crippen LogP contribution in [0.3, 0.4) is 0 Å². The van der Waals surface area contributed by atoms with Crippen LogP contribution in [-0.2, 0) is 13.9 Å². The van der Waals surface area contributed by atoms with Crippen LogP contribution >= 0.6 is 0 Å². The normalized spacial score (nSPS) is 15.3. The van der Waals surface area contributed by atoms with Crippen molar-refractivity contribution in [3.63, 3.8) is 0 Å². The Balaban J connectivity index is 4.59.